The van der Waals surface area contributed by atoms with Gasteiger partial charge >= 0.3 is 0 Å². The Morgan fingerprint density at radius 1 is 1.58 bits per heavy atom. The van der Waals surface area contributed by atoms with Gasteiger partial charge in [-0.2, -0.15) is 5.10 Å². The summed E-state index contributed by atoms with van der Waals surface area (Å²) in [4.78, 5) is 11.8. The zero-order valence-corrected chi connectivity index (χ0v) is 11.3. The summed E-state index contributed by atoms with van der Waals surface area (Å²) in [5.74, 6) is -0.148. The molecule has 2 rings (SSSR count). The van der Waals surface area contributed by atoms with E-state index < -0.39 is 0 Å². The summed E-state index contributed by atoms with van der Waals surface area (Å²) in [5, 5.41) is 7.50. The molecule has 0 saturated carbocycles. The predicted molar refractivity (Wildman–Crippen MR) is 75.5 cm³/mol. The van der Waals surface area contributed by atoms with Gasteiger partial charge in [0.2, 0.25) is 5.91 Å². The van der Waals surface area contributed by atoms with Crippen LogP contribution in [0.15, 0.2) is 36.7 Å². The second-order valence-corrected chi connectivity index (χ2v) is 4.78. The molecule has 1 aromatic heterocycles. The third kappa shape index (κ3) is 3.56. The van der Waals surface area contributed by atoms with Crippen LogP contribution in [0.4, 0.5) is 5.69 Å². The molecule has 0 radical (unpaired) electrons. The van der Waals surface area contributed by atoms with E-state index in [1.54, 1.807) is 42.2 Å². The SMILES string of the molecule is CC(N)CC(=O)Nc1cc(Cl)ccc1-n1cccn1. The minimum absolute atomic E-state index is 0.148. The zero-order valence-electron chi connectivity index (χ0n) is 10.5. The first kappa shape index (κ1) is 13.6. The fourth-order valence-electron chi connectivity index (χ4n) is 1.71. The molecule has 1 heterocycles. The Morgan fingerprint density at radius 3 is 3.00 bits per heavy atom. The van der Waals surface area contributed by atoms with Crippen LogP contribution in [0.3, 0.4) is 0 Å². The molecular formula is C13H15ClN4O. The van der Waals surface area contributed by atoms with Crippen LogP contribution >= 0.6 is 11.6 Å². The van der Waals surface area contributed by atoms with Crippen molar-refractivity contribution in [3.63, 3.8) is 0 Å². The highest BCUT2D eigenvalue weighted by molar-refractivity contribution is 6.31. The second-order valence-electron chi connectivity index (χ2n) is 4.34. The zero-order chi connectivity index (χ0) is 13.8. The molecule has 5 nitrogen and oxygen atoms in total. The molecule has 0 aliphatic rings. The van der Waals surface area contributed by atoms with Gasteiger partial charge in [0.25, 0.3) is 0 Å². The van der Waals surface area contributed by atoms with Gasteiger partial charge in [0, 0.05) is 29.9 Å². The summed E-state index contributed by atoms with van der Waals surface area (Å²) >= 11 is 5.96. The molecule has 1 amide bonds. The highest BCUT2D eigenvalue weighted by Crippen LogP contribution is 2.24. The van der Waals surface area contributed by atoms with Crippen molar-refractivity contribution in [2.24, 2.45) is 5.73 Å². The lowest BCUT2D eigenvalue weighted by molar-refractivity contribution is -0.116. The van der Waals surface area contributed by atoms with E-state index in [0.717, 1.165) is 5.69 Å². The minimum Gasteiger partial charge on any atom is -0.327 e. The Balaban J connectivity index is 2.28. The Morgan fingerprint density at radius 2 is 2.37 bits per heavy atom. The lowest BCUT2D eigenvalue weighted by Gasteiger charge is -2.12. The summed E-state index contributed by atoms with van der Waals surface area (Å²) in [5.41, 5.74) is 6.97. The van der Waals surface area contributed by atoms with Gasteiger partial charge in [-0.25, -0.2) is 4.68 Å². The molecule has 1 unspecified atom stereocenters. The van der Waals surface area contributed by atoms with Crippen LogP contribution in [0.1, 0.15) is 13.3 Å². The molecule has 1 aromatic carbocycles. The minimum atomic E-state index is -0.188. The summed E-state index contributed by atoms with van der Waals surface area (Å²) in [6, 6.07) is 6.86. The third-order valence-corrected chi connectivity index (χ3v) is 2.73. The maximum absolute atomic E-state index is 11.8. The molecule has 0 aliphatic heterocycles. The lowest BCUT2D eigenvalue weighted by atomic mass is 10.2. The van der Waals surface area contributed by atoms with Gasteiger partial charge in [-0.05, 0) is 31.2 Å². The van der Waals surface area contributed by atoms with Crippen molar-refractivity contribution < 1.29 is 4.79 Å². The second kappa shape index (κ2) is 5.86. The van der Waals surface area contributed by atoms with Crippen molar-refractivity contribution in [1.82, 2.24) is 9.78 Å². The van der Waals surface area contributed by atoms with E-state index in [0.29, 0.717) is 10.7 Å². The number of nitrogens with one attached hydrogen (secondary N) is 1. The summed E-state index contributed by atoms with van der Waals surface area (Å²) < 4.78 is 1.66. The van der Waals surface area contributed by atoms with Gasteiger partial charge in [0.15, 0.2) is 0 Å². The molecule has 19 heavy (non-hydrogen) atoms. The third-order valence-electron chi connectivity index (χ3n) is 2.49. The normalized spacial score (nSPS) is 12.2. The van der Waals surface area contributed by atoms with Gasteiger partial charge in [-0.3, -0.25) is 4.79 Å². The summed E-state index contributed by atoms with van der Waals surface area (Å²) in [6.45, 7) is 1.78. The Kier molecular flexibility index (Phi) is 4.19. The number of amides is 1. The summed E-state index contributed by atoms with van der Waals surface area (Å²) in [6.07, 6.45) is 3.72. The first-order chi connectivity index (χ1) is 9.06. The Bertz CT molecular complexity index is 566. The topological polar surface area (TPSA) is 72.9 Å². The van der Waals surface area contributed by atoms with Gasteiger partial charge in [-0.15, -0.1) is 0 Å². The van der Waals surface area contributed by atoms with E-state index in [-0.39, 0.29) is 18.4 Å². The fourth-order valence-corrected chi connectivity index (χ4v) is 1.89. The van der Waals surface area contributed by atoms with Crippen LogP contribution in [0, 0.1) is 0 Å². The molecule has 6 heteroatoms. The number of nitrogens with zero attached hydrogens (tertiary/aromatic N) is 2. The molecule has 2 aromatic rings. The number of carbonyl (C=O) groups is 1. The van der Waals surface area contributed by atoms with Gasteiger partial charge in [-0.1, -0.05) is 11.6 Å². The number of anilines is 1. The highest BCUT2D eigenvalue weighted by atomic mass is 35.5. The number of hydrogen-bond acceptors (Lipinski definition) is 3. The number of rotatable bonds is 4. The number of aromatic nitrogens is 2. The molecule has 1 atom stereocenters. The monoisotopic (exact) mass is 278 g/mol. The molecule has 3 N–H and O–H groups in total. The fraction of sp³-hybridized carbons (Fsp3) is 0.231. The number of carbonyl (C=O) groups excluding carboxylic acids is 1. The van der Waals surface area contributed by atoms with Gasteiger partial charge in [0.05, 0.1) is 11.4 Å². The van der Waals surface area contributed by atoms with Crippen LogP contribution in [0.2, 0.25) is 5.02 Å². The number of benzene rings is 1. The van der Waals surface area contributed by atoms with E-state index in [1.807, 2.05) is 6.07 Å². The van der Waals surface area contributed by atoms with Crippen LogP contribution in [0.25, 0.3) is 5.69 Å². The van der Waals surface area contributed by atoms with Crippen LogP contribution in [-0.4, -0.2) is 21.7 Å². The average molecular weight is 279 g/mol. The van der Waals surface area contributed by atoms with Crippen molar-refractivity contribution in [1.29, 1.82) is 0 Å². The van der Waals surface area contributed by atoms with E-state index in [9.17, 15) is 4.79 Å². The van der Waals surface area contributed by atoms with Crippen molar-refractivity contribution >= 4 is 23.2 Å². The molecule has 0 bridgehead atoms. The average Bonchev–Trinajstić information content (AvgIpc) is 2.81. The maximum Gasteiger partial charge on any atom is 0.225 e. The molecule has 0 spiro atoms. The molecule has 0 aliphatic carbocycles. The van der Waals surface area contributed by atoms with E-state index >= 15 is 0 Å². The van der Waals surface area contributed by atoms with Crippen LogP contribution < -0.4 is 11.1 Å². The Labute approximate surface area is 116 Å². The summed E-state index contributed by atoms with van der Waals surface area (Å²) in [7, 11) is 0. The quantitative estimate of drug-likeness (QED) is 0.900. The Hall–Kier alpha value is -1.85. The largest absolute Gasteiger partial charge is 0.327 e. The van der Waals surface area contributed by atoms with Crippen LogP contribution in [-0.2, 0) is 4.79 Å². The number of hydrogen-bond donors (Lipinski definition) is 2. The van der Waals surface area contributed by atoms with Crippen molar-refractivity contribution in [3.8, 4) is 5.69 Å². The lowest BCUT2D eigenvalue weighted by Crippen LogP contribution is -2.24. The van der Waals surface area contributed by atoms with Crippen molar-refractivity contribution in [2.45, 2.75) is 19.4 Å². The number of halogens is 1. The van der Waals surface area contributed by atoms with E-state index in [2.05, 4.69) is 10.4 Å². The highest BCUT2D eigenvalue weighted by Gasteiger charge is 2.11. The van der Waals surface area contributed by atoms with E-state index in [1.165, 1.54) is 0 Å². The molecule has 100 valence electrons. The number of nitrogens with two attached hydrogens (primary N) is 1. The van der Waals surface area contributed by atoms with Gasteiger partial charge in [0.1, 0.15) is 0 Å². The molecule has 0 saturated heterocycles. The van der Waals surface area contributed by atoms with Crippen molar-refractivity contribution in [2.75, 3.05) is 5.32 Å². The standard InChI is InChI=1S/C13H15ClN4O/c1-9(15)7-13(19)17-11-8-10(14)3-4-12(11)18-6-2-5-16-18/h2-6,8-9H,7,15H2,1H3,(H,17,19). The molecular weight excluding hydrogens is 264 g/mol. The van der Waals surface area contributed by atoms with Crippen LogP contribution in [0.5, 0.6) is 0 Å². The van der Waals surface area contributed by atoms with Crippen molar-refractivity contribution in [3.05, 3.63) is 41.7 Å². The maximum atomic E-state index is 11.8. The van der Waals surface area contributed by atoms with Gasteiger partial charge < -0.3 is 11.1 Å². The first-order valence-electron chi connectivity index (χ1n) is 5.91. The predicted octanol–water partition coefficient (Wildman–Crippen LogP) is 2.20. The molecule has 0 fully saturated rings. The smallest absolute Gasteiger partial charge is 0.225 e. The first-order valence-corrected chi connectivity index (χ1v) is 6.29. The van der Waals surface area contributed by atoms with E-state index in [4.69, 9.17) is 17.3 Å².